The number of aryl methyl sites for hydroxylation is 1. The molecule has 1 unspecified atom stereocenters. The highest BCUT2D eigenvalue weighted by atomic mass is 16.5. The van der Waals surface area contributed by atoms with Gasteiger partial charge in [-0.05, 0) is 19.9 Å². The first-order valence-corrected chi connectivity index (χ1v) is 5.37. The van der Waals surface area contributed by atoms with Crippen LogP contribution in [0.2, 0.25) is 0 Å². The molecule has 1 aromatic rings. The molecule has 0 aromatic carbocycles. The van der Waals surface area contributed by atoms with E-state index in [-0.39, 0.29) is 11.9 Å². The van der Waals surface area contributed by atoms with Gasteiger partial charge in [0, 0.05) is 19.9 Å². The first kappa shape index (κ1) is 13.4. The van der Waals surface area contributed by atoms with Crippen LogP contribution < -0.4 is 10.6 Å². The third-order valence-corrected chi connectivity index (χ3v) is 2.50. The van der Waals surface area contributed by atoms with Crippen LogP contribution in [-0.2, 0) is 4.74 Å². The Labute approximate surface area is 101 Å². The van der Waals surface area contributed by atoms with Gasteiger partial charge in [-0.25, -0.2) is 9.97 Å². The lowest BCUT2D eigenvalue weighted by Crippen LogP contribution is -2.34. The molecule has 0 saturated carbocycles. The second-order valence-corrected chi connectivity index (χ2v) is 4.02. The smallest absolute Gasteiger partial charge is 0.226 e. The van der Waals surface area contributed by atoms with Crippen LogP contribution in [0.25, 0.3) is 0 Å². The summed E-state index contributed by atoms with van der Waals surface area (Å²) in [4.78, 5) is 10.5. The van der Waals surface area contributed by atoms with Gasteiger partial charge in [-0.3, -0.25) is 5.41 Å². The number of nitrogens with two attached hydrogens (primary N) is 1. The fraction of sp³-hybridized carbons (Fsp3) is 0.545. The molecule has 1 rings (SSSR count). The summed E-state index contributed by atoms with van der Waals surface area (Å²) in [6, 6.07) is 1.85. The predicted octanol–water partition coefficient (Wildman–Crippen LogP) is 0.540. The molecule has 0 aliphatic rings. The van der Waals surface area contributed by atoms with Crippen molar-refractivity contribution < 1.29 is 4.74 Å². The molecule has 1 aromatic heterocycles. The highest BCUT2D eigenvalue weighted by Crippen LogP contribution is 2.11. The van der Waals surface area contributed by atoms with Gasteiger partial charge < -0.3 is 15.4 Å². The van der Waals surface area contributed by atoms with Crippen molar-refractivity contribution >= 4 is 11.8 Å². The van der Waals surface area contributed by atoms with E-state index in [9.17, 15) is 0 Å². The van der Waals surface area contributed by atoms with Crippen LogP contribution in [0.1, 0.15) is 18.3 Å². The molecule has 94 valence electrons. The molecule has 0 aliphatic carbocycles. The van der Waals surface area contributed by atoms with E-state index in [2.05, 4.69) is 9.97 Å². The zero-order chi connectivity index (χ0) is 13.0. The Kier molecular flexibility index (Phi) is 4.39. The van der Waals surface area contributed by atoms with Gasteiger partial charge in [0.25, 0.3) is 0 Å². The third kappa shape index (κ3) is 3.39. The maximum Gasteiger partial charge on any atom is 0.226 e. The van der Waals surface area contributed by atoms with Gasteiger partial charge >= 0.3 is 0 Å². The van der Waals surface area contributed by atoms with Crippen LogP contribution in [0.3, 0.4) is 0 Å². The Bertz CT molecular complexity index is 407. The fourth-order valence-electron chi connectivity index (χ4n) is 1.40. The average molecular weight is 237 g/mol. The minimum Gasteiger partial charge on any atom is -0.383 e. The monoisotopic (exact) mass is 237 g/mol. The Hall–Kier alpha value is -1.69. The van der Waals surface area contributed by atoms with Gasteiger partial charge in [-0.2, -0.15) is 0 Å². The SMILES string of the molecule is COCC(C)N(C)c1nc(C)cc(C(=N)N)n1. The summed E-state index contributed by atoms with van der Waals surface area (Å²) in [5.74, 6) is 0.504. The largest absolute Gasteiger partial charge is 0.383 e. The van der Waals surface area contributed by atoms with Crippen molar-refractivity contribution in [2.24, 2.45) is 5.73 Å². The van der Waals surface area contributed by atoms with E-state index >= 15 is 0 Å². The predicted molar refractivity (Wildman–Crippen MR) is 67.5 cm³/mol. The second-order valence-electron chi connectivity index (χ2n) is 4.02. The molecule has 3 N–H and O–H groups in total. The second kappa shape index (κ2) is 5.58. The van der Waals surface area contributed by atoms with E-state index in [1.165, 1.54) is 0 Å². The molecule has 0 saturated heterocycles. The molecule has 0 radical (unpaired) electrons. The highest BCUT2D eigenvalue weighted by molar-refractivity contribution is 5.93. The first-order valence-electron chi connectivity index (χ1n) is 5.37. The van der Waals surface area contributed by atoms with Gasteiger partial charge in [0.05, 0.1) is 12.6 Å². The van der Waals surface area contributed by atoms with E-state index in [0.29, 0.717) is 18.2 Å². The van der Waals surface area contributed by atoms with Gasteiger partial charge in [0.15, 0.2) is 0 Å². The van der Waals surface area contributed by atoms with Crippen molar-refractivity contribution in [2.45, 2.75) is 19.9 Å². The van der Waals surface area contributed by atoms with Gasteiger partial charge in [-0.1, -0.05) is 0 Å². The first-order chi connectivity index (χ1) is 7.95. The topological polar surface area (TPSA) is 88.1 Å². The summed E-state index contributed by atoms with van der Waals surface area (Å²) in [5.41, 5.74) is 6.67. The third-order valence-electron chi connectivity index (χ3n) is 2.50. The van der Waals surface area contributed by atoms with Gasteiger partial charge in [-0.15, -0.1) is 0 Å². The van der Waals surface area contributed by atoms with Crippen LogP contribution in [0.4, 0.5) is 5.95 Å². The van der Waals surface area contributed by atoms with Crippen LogP contribution in [0.5, 0.6) is 0 Å². The van der Waals surface area contributed by atoms with Crippen LogP contribution >= 0.6 is 0 Å². The summed E-state index contributed by atoms with van der Waals surface area (Å²) in [7, 11) is 3.55. The summed E-state index contributed by atoms with van der Waals surface area (Å²) < 4.78 is 5.09. The lowest BCUT2D eigenvalue weighted by Gasteiger charge is -2.24. The maximum absolute atomic E-state index is 7.40. The molecule has 0 amide bonds. The Morgan fingerprint density at radius 3 is 2.76 bits per heavy atom. The standard InChI is InChI=1S/C11H19N5O/c1-7-5-9(10(12)13)15-11(14-7)16(3)8(2)6-17-4/h5,8H,6H2,1-4H3,(H3,12,13). The quantitative estimate of drug-likeness (QED) is 0.576. The summed E-state index contributed by atoms with van der Waals surface area (Å²) >= 11 is 0. The number of aromatic nitrogens is 2. The molecule has 0 fully saturated rings. The van der Waals surface area contributed by atoms with Crippen molar-refractivity contribution in [1.82, 2.24) is 9.97 Å². The minimum absolute atomic E-state index is 0.0513. The summed E-state index contributed by atoms with van der Waals surface area (Å²) in [5, 5.41) is 7.40. The zero-order valence-electron chi connectivity index (χ0n) is 10.7. The summed E-state index contributed by atoms with van der Waals surface area (Å²) in [6.07, 6.45) is 0. The Balaban J connectivity index is 3.01. The molecule has 1 atom stereocenters. The number of rotatable bonds is 5. The molecule has 0 spiro atoms. The van der Waals surface area contributed by atoms with Crippen LogP contribution in [-0.4, -0.2) is 42.6 Å². The normalized spacial score (nSPS) is 12.2. The van der Waals surface area contributed by atoms with Crippen LogP contribution in [0.15, 0.2) is 6.07 Å². The minimum atomic E-state index is -0.0513. The van der Waals surface area contributed by atoms with Gasteiger partial charge in [0.2, 0.25) is 5.95 Å². The van der Waals surface area contributed by atoms with E-state index < -0.39 is 0 Å². The number of ether oxygens (including phenoxy) is 1. The molecule has 17 heavy (non-hydrogen) atoms. The number of methoxy groups -OCH3 is 1. The molecule has 6 heteroatoms. The van der Waals surface area contributed by atoms with Crippen molar-refractivity contribution in [1.29, 1.82) is 5.41 Å². The molecular weight excluding hydrogens is 218 g/mol. The number of nitrogens with one attached hydrogen (secondary N) is 1. The zero-order valence-corrected chi connectivity index (χ0v) is 10.7. The molecule has 0 aliphatic heterocycles. The van der Waals surface area contributed by atoms with E-state index in [1.54, 1.807) is 13.2 Å². The molecule has 6 nitrogen and oxygen atoms in total. The number of amidine groups is 1. The van der Waals surface area contributed by atoms with E-state index in [0.717, 1.165) is 5.69 Å². The number of nitrogens with zero attached hydrogens (tertiary/aromatic N) is 3. The maximum atomic E-state index is 7.40. The molecule has 0 bridgehead atoms. The number of hydrogen-bond acceptors (Lipinski definition) is 5. The van der Waals surface area contributed by atoms with Gasteiger partial charge in [0.1, 0.15) is 11.5 Å². The van der Waals surface area contributed by atoms with E-state index in [1.807, 2.05) is 25.8 Å². The number of nitrogen functional groups attached to an aromatic ring is 1. The van der Waals surface area contributed by atoms with Crippen molar-refractivity contribution in [3.8, 4) is 0 Å². The van der Waals surface area contributed by atoms with Crippen LogP contribution in [0, 0.1) is 12.3 Å². The average Bonchev–Trinajstić information content (AvgIpc) is 2.27. The van der Waals surface area contributed by atoms with Crippen molar-refractivity contribution in [2.75, 3.05) is 25.7 Å². The lowest BCUT2D eigenvalue weighted by molar-refractivity contribution is 0.183. The number of likely N-dealkylation sites (N-methyl/N-ethyl adjacent to an activating group) is 1. The summed E-state index contributed by atoms with van der Waals surface area (Å²) in [6.45, 7) is 4.46. The number of hydrogen-bond donors (Lipinski definition) is 2. The van der Waals surface area contributed by atoms with Crippen molar-refractivity contribution in [3.05, 3.63) is 17.5 Å². The highest BCUT2D eigenvalue weighted by Gasteiger charge is 2.14. The molecular formula is C11H19N5O. The van der Waals surface area contributed by atoms with Crippen molar-refractivity contribution in [3.63, 3.8) is 0 Å². The van der Waals surface area contributed by atoms with E-state index in [4.69, 9.17) is 15.9 Å². The lowest BCUT2D eigenvalue weighted by atomic mass is 10.3. The number of anilines is 1. The Morgan fingerprint density at radius 1 is 1.59 bits per heavy atom. The molecule has 1 heterocycles. The fourth-order valence-corrected chi connectivity index (χ4v) is 1.40. The Morgan fingerprint density at radius 2 is 2.24 bits per heavy atom.